The Balaban J connectivity index is 2.01. The predicted molar refractivity (Wildman–Crippen MR) is 100 cm³/mol. The lowest BCUT2D eigenvalue weighted by atomic mass is 10.1. The third kappa shape index (κ3) is 5.91. The predicted octanol–water partition coefficient (Wildman–Crippen LogP) is 2.43. The fraction of sp³-hybridized carbons (Fsp3) is 0.316. The van der Waals surface area contributed by atoms with E-state index in [1.165, 1.54) is 0 Å². The van der Waals surface area contributed by atoms with Gasteiger partial charge in [-0.1, -0.05) is 41.9 Å². The second-order valence-corrected chi connectivity index (χ2v) is 6.06. The van der Waals surface area contributed by atoms with Crippen molar-refractivity contribution in [3.05, 3.63) is 58.6 Å². The number of benzene rings is 2. The van der Waals surface area contributed by atoms with E-state index in [1.807, 2.05) is 37.3 Å². The van der Waals surface area contributed by atoms with Gasteiger partial charge >= 0.3 is 0 Å². The average Bonchev–Trinajstić information content (AvgIpc) is 2.61. The molecule has 0 aliphatic carbocycles. The van der Waals surface area contributed by atoms with Crippen LogP contribution in [-0.4, -0.2) is 30.8 Å². The molecule has 0 fully saturated rings. The molecule has 2 aromatic rings. The summed E-state index contributed by atoms with van der Waals surface area (Å²) in [6, 6.07) is 12.9. The molecule has 0 saturated heterocycles. The lowest BCUT2D eigenvalue weighted by Crippen LogP contribution is -2.21. The van der Waals surface area contributed by atoms with Crippen LogP contribution in [0.3, 0.4) is 0 Å². The maximum Gasteiger partial charge on any atom is 0.255 e. The molecular weight excluding hydrogens is 356 g/mol. The van der Waals surface area contributed by atoms with E-state index in [2.05, 4.69) is 5.32 Å². The fourth-order valence-electron chi connectivity index (χ4n) is 2.42. The molecule has 4 N–H and O–H groups in total. The third-order valence-corrected chi connectivity index (χ3v) is 3.86. The van der Waals surface area contributed by atoms with Crippen molar-refractivity contribution in [3.63, 3.8) is 0 Å². The van der Waals surface area contributed by atoms with Gasteiger partial charge in [0.2, 0.25) is 0 Å². The SMILES string of the molecule is CCOc1cc(CNCC(O)c2ccccc2)cc(Cl)c1OCC(N)=O. The van der Waals surface area contributed by atoms with Gasteiger partial charge in [-0.2, -0.15) is 0 Å². The van der Waals surface area contributed by atoms with E-state index in [9.17, 15) is 9.90 Å². The highest BCUT2D eigenvalue weighted by Gasteiger charge is 2.14. The Morgan fingerprint density at radius 3 is 2.65 bits per heavy atom. The van der Waals surface area contributed by atoms with Crippen LogP contribution in [-0.2, 0) is 11.3 Å². The van der Waals surface area contributed by atoms with Crippen molar-refractivity contribution in [3.8, 4) is 11.5 Å². The van der Waals surface area contributed by atoms with Crippen LogP contribution >= 0.6 is 11.6 Å². The number of aliphatic hydroxyl groups excluding tert-OH is 1. The third-order valence-electron chi connectivity index (χ3n) is 3.58. The molecule has 0 aromatic heterocycles. The van der Waals surface area contributed by atoms with Gasteiger partial charge < -0.3 is 25.6 Å². The molecule has 0 radical (unpaired) electrons. The van der Waals surface area contributed by atoms with Gasteiger partial charge in [0, 0.05) is 13.1 Å². The molecule has 140 valence electrons. The largest absolute Gasteiger partial charge is 0.490 e. The number of carbonyl (C=O) groups is 1. The Morgan fingerprint density at radius 2 is 2.00 bits per heavy atom. The number of primary amides is 1. The van der Waals surface area contributed by atoms with Crippen molar-refractivity contribution < 1.29 is 19.4 Å². The molecule has 0 aliphatic heterocycles. The van der Waals surface area contributed by atoms with Crippen molar-refractivity contribution in [2.75, 3.05) is 19.8 Å². The highest BCUT2D eigenvalue weighted by molar-refractivity contribution is 6.32. The Kier molecular flexibility index (Phi) is 7.72. The van der Waals surface area contributed by atoms with Gasteiger partial charge in [0.05, 0.1) is 17.7 Å². The van der Waals surface area contributed by atoms with Gasteiger partial charge in [-0.25, -0.2) is 0 Å². The highest BCUT2D eigenvalue weighted by atomic mass is 35.5. The Labute approximate surface area is 157 Å². The van der Waals surface area contributed by atoms with Crippen LogP contribution in [0.1, 0.15) is 24.2 Å². The van der Waals surface area contributed by atoms with Crippen molar-refractivity contribution in [2.24, 2.45) is 5.73 Å². The zero-order valence-corrected chi connectivity index (χ0v) is 15.3. The van der Waals surface area contributed by atoms with Gasteiger partial charge in [-0.15, -0.1) is 0 Å². The van der Waals surface area contributed by atoms with Crippen LogP contribution < -0.4 is 20.5 Å². The Bertz CT molecular complexity index is 725. The quantitative estimate of drug-likeness (QED) is 0.590. The summed E-state index contributed by atoms with van der Waals surface area (Å²) in [6.07, 6.45) is -0.601. The van der Waals surface area contributed by atoms with Gasteiger partial charge in [0.25, 0.3) is 5.91 Å². The fourth-order valence-corrected chi connectivity index (χ4v) is 2.70. The minimum Gasteiger partial charge on any atom is -0.490 e. The molecule has 6 nitrogen and oxygen atoms in total. The summed E-state index contributed by atoms with van der Waals surface area (Å²) in [5, 5.41) is 13.7. The molecule has 0 aliphatic rings. The number of halogens is 1. The lowest BCUT2D eigenvalue weighted by Gasteiger charge is -2.16. The summed E-state index contributed by atoms with van der Waals surface area (Å²) < 4.78 is 10.9. The highest BCUT2D eigenvalue weighted by Crippen LogP contribution is 2.36. The first-order chi connectivity index (χ1) is 12.5. The number of hydrogen-bond donors (Lipinski definition) is 3. The number of amides is 1. The minimum atomic E-state index is -0.601. The summed E-state index contributed by atoms with van der Waals surface area (Å²) in [4.78, 5) is 10.9. The molecule has 26 heavy (non-hydrogen) atoms. The number of hydrogen-bond acceptors (Lipinski definition) is 5. The van der Waals surface area contributed by atoms with E-state index < -0.39 is 12.0 Å². The summed E-state index contributed by atoms with van der Waals surface area (Å²) in [7, 11) is 0. The minimum absolute atomic E-state index is 0.277. The topological polar surface area (TPSA) is 93.8 Å². The van der Waals surface area contributed by atoms with Gasteiger partial charge in [-0.3, -0.25) is 4.79 Å². The Hall–Kier alpha value is -2.28. The van der Waals surface area contributed by atoms with Crippen LogP contribution in [0.4, 0.5) is 0 Å². The molecule has 0 heterocycles. The normalized spacial score (nSPS) is 11.8. The van der Waals surface area contributed by atoms with Gasteiger partial charge in [0.15, 0.2) is 18.1 Å². The zero-order valence-electron chi connectivity index (χ0n) is 14.6. The zero-order chi connectivity index (χ0) is 18.9. The van der Waals surface area contributed by atoms with Crippen molar-refractivity contribution in [1.29, 1.82) is 0 Å². The molecular formula is C19H23ClN2O4. The molecule has 0 saturated carbocycles. The number of nitrogens with one attached hydrogen (secondary N) is 1. The van der Waals surface area contributed by atoms with Gasteiger partial charge in [0.1, 0.15) is 0 Å². The van der Waals surface area contributed by atoms with Crippen molar-refractivity contribution in [2.45, 2.75) is 19.6 Å². The number of rotatable bonds is 10. The molecule has 1 atom stereocenters. The maximum atomic E-state index is 10.9. The van der Waals surface area contributed by atoms with E-state index in [4.69, 9.17) is 26.8 Å². The van der Waals surface area contributed by atoms with Crippen LogP contribution in [0.25, 0.3) is 0 Å². The number of aliphatic hydroxyl groups is 1. The first-order valence-electron chi connectivity index (χ1n) is 8.31. The van der Waals surface area contributed by atoms with E-state index >= 15 is 0 Å². The second-order valence-electron chi connectivity index (χ2n) is 5.65. The van der Waals surface area contributed by atoms with Gasteiger partial charge in [-0.05, 0) is 30.2 Å². The van der Waals surface area contributed by atoms with E-state index in [0.717, 1.165) is 11.1 Å². The van der Waals surface area contributed by atoms with Crippen LogP contribution in [0.2, 0.25) is 5.02 Å². The van der Waals surface area contributed by atoms with Crippen molar-refractivity contribution >= 4 is 17.5 Å². The molecule has 1 amide bonds. The average molecular weight is 379 g/mol. The summed E-state index contributed by atoms with van der Waals surface area (Å²) in [6.45, 7) is 2.87. The first-order valence-corrected chi connectivity index (χ1v) is 8.69. The molecule has 0 spiro atoms. The Morgan fingerprint density at radius 1 is 1.27 bits per heavy atom. The molecule has 7 heteroatoms. The van der Waals surface area contributed by atoms with E-state index in [1.54, 1.807) is 12.1 Å². The molecule has 0 bridgehead atoms. The standard InChI is InChI=1S/C19H23ClN2O4/c1-2-25-17-9-13(8-15(20)19(17)26-12-18(21)24)10-22-11-16(23)14-6-4-3-5-7-14/h3-9,16,22-23H,2,10-12H2,1H3,(H2,21,24). The maximum absolute atomic E-state index is 10.9. The molecule has 2 rings (SSSR count). The second kappa shape index (κ2) is 10.0. The number of nitrogens with two attached hydrogens (primary N) is 1. The monoisotopic (exact) mass is 378 g/mol. The van der Waals surface area contributed by atoms with Crippen molar-refractivity contribution in [1.82, 2.24) is 5.32 Å². The van der Waals surface area contributed by atoms with E-state index in [-0.39, 0.29) is 6.61 Å². The number of carbonyl (C=O) groups excluding carboxylic acids is 1. The smallest absolute Gasteiger partial charge is 0.255 e. The molecule has 2 aromatic carbocycles. The van der Waals surface area contributed by atoms with Crippen LogP contribution in [0.5, 0.6) is 11.5 Å². The summed E-state index contributed by atoms with van der Waals surface area (Å²) >= 11 is 6.26. The van der Waals surface area contributed by atoms with Crippen LogP contribution in [0.15, 0.2) is 42.5 Å². The van der Waals surface area contributed by atoms with E-state index in [0.29, 0.717) is 36.2 Å². The number of ether oxygens (including phenoxy) is 2. The molecule has 1 unspecified atom stereocenters. The lowest BCUT2D eigenvalue weighted by molar-refractivity contribution is -0.119. The van der Waals surface area contributed by atoms with Crippen LogP contribution in [0, 0.1) is 0 Å². The summed E-state index contributed by atoms with van der Waals surface area (Å²) in [5.41, 5.74) is 6.82. The first kappa shape index (κ1) is 20.0. The summed E-state index contributed by atoms with van der Waals surface area (Å²) in [5.74, 6) is 0.145.